The van der Waals surface area contributed by atoms with Gasteiger partial charge in [-0.15, -0.1) is 10.2 Å². The van der Waals surface area contributed by atoms with E-state index in [0.29, 0.717) is 5.89 Å². The highest BCUT2D eigenvalue weighted by atomic mass is 16.5. The van der Waals surface area contributed by atoms with Gasteiger partial charge in [0.25, 0.3) is 5.89 Å². The van der Waals surface area contributed by atoms with Crippen molar-refractivity contribution in [1.82, 2.24) is 15.1 Å². The highest BCUT2D eigenvalue weighted by Gasteiger charge is 2.47. The standard InChI is InChI=1S/C20H21N3O5/c24-17(10-11-23-19(25)14-8-4-5-9-15(14)20(23)26)27-12-16-21-22-18(28-16)13-6-2-1-3-7-13/h1-3,6-7,14-15H,4-5,8-12H2/t14-,15-/m0/s1. The molecule has 0 spiro atoms. The van der Waals surface area contributed by atoms with Gasteiger partial charge in [-0.1, -0.05) is 31.0 Å². The van der Waals surface area contributed by atoms with Crippen molar-refractivity contribution in [2.75, 3.05) is 6.54 Å². The van der Waals surface area contributed by atoms with Crippen LogP contribution in [0.3, 0.4) is 0 Å². The maximum Gasteiger partial charge on any atom is 0.308 e. The van der Waals surface area contributed by atoms with Gasteiger partial charge in [-0.05, 0) is 25.0 Å². The fourth-order valence-corrected chi connectivity index (χ4v) is 3.88. The van der Waals surface area contributed by atoms with Crippen molar-refractivity contribution in [3.63, 3.8) is 0 Å². The quantitative estimate of drug-likeness (QED) is 0.557. The second kappa shape index (κ2) is 7.92. The van der Waals surface area contributed by atoms with E-state index in [2.05, 4.69) is 10.2 Å². The first-order chi connectivity index (χ1) is 13.6. The van der Waals surface area contributed by atoms with Crippen LogP contribution in [0.1, 0.15) is 38.0 Å². The van der Waals surface area contributed by atoms with Crippen LogP contribution in [0.4, 0.5) is 0 Å². The van der Waals surface area contributed by atoms with E-state index < -0.39 is 5.97 Å². The SMILES string of the molecule is O=C(CCN1C(=O)[C@H]2CCCC[C@@H]2C1=O)OCc1nnc(-c2ccccc2)o1. The number of esters is 1. The molecule has 28 heavy (non-hydrogen) atoms. The molecule has 1 saturated heterocycles. The van der Waals surface area contributed by atoms with Crippen LogP contribution in [-0.2, 0) is 25.7 Å². The van der Waals surface area contributed by atoms with E-state index >= 15 is 0 Å². The minimum absolute atomic E-state index is 0.0450. The maximum atomic E-state index is 12.4. The molecular formula is C20H21N3O5. The smallest absolute Gasteiger partial charge is 0.308 e. The highest BCUT2D eigenvalue weighted by molar-refractivity contribution is 6.05. The molecule has 2 aromatic rings. The van der Waals surface area contributed by atoms with Gasteiger partial charge >= 0.3 is 5.97 Å². The molecule has 1 aromatic heterocycles. The number of benzene rings is 1. The van der Waals surface area contributed by atoms with Crippen LogP contribution in [0.5, 0.6) is 0 Å². The molecule has 1 aromatic carbocycles. The molecule has 4 rings (SSSR count). The summed E-state index contributed by atoms with van der Waals surface area (Å²) < 4.78 is 10.6. The van der Waals surface area contributed by atoms with Gasteiger partial charge in [-0.2, -0.15) is 0 Å². The van der Waals surface area contributed by atoms with E-state index in [4.69, 9.17) is 9.15 Å². The van der Waals surface area contributed by atoms with Crippen LogP contribution in [0, 0.1) is 11.8 Å². The number of fused-ring (bicyclic) bond motifs is 1. The number of imide groups is 1. The summed E-state index contributed by atoms with van der Waals surface area (Å²) in [5.74, 6) is -0.679. The lowest BCUT2D eigenvalue weighted by molar-refractivity contribution is -0.147. The Morgan fingerprint density at radius 3 is 2.43 bits per heavy atom. The van der Waals surface area contributed by atoms with Gasteiger partial charge in [0.05, 0.1) is 18.3 Å². The molecule has 2 fully saturated rings. The summed E-state index contributed by atoms with van der Waals surface area (Å²) in [4.78, 5) is 38.0. The Morgan fingerprint density at radius 2 is 1.75 bits per heavy atom. The van der Waals surface area contributed by atoms with Gasteiger partial charge < -0.3 is 9.15 Å². The molecule has 0 bridgehead atoms. The number of nitrogens with zero attached hydrogens (tertiary/aromatic N) is 3. The van der Waals surface area contributed by atoms with Crippen LogP contribution in [0.2, 0.25) is 0 Å². The zero-order valence-corrected chi connectivity index (χ0v) is 15.4. The van der Waals surface area contributed by atoms with Crippen LogP contribution in [-0.4, -0.2) is 39.4 Å². The summed E-state index contributed by atoms with van der Waals surface area (Å²) in [6.45, 7) is -0.0889. The molecule has 2 amide bonds. The molecule has 1 aliphatic carbocycles. The number of ether oxygens (including phenoxy) is 1. The molecule has 146 valence electrons. The first kappa shape index (κ1) is 18.3. The van der Waals surface area contributed by atoms with Gasteiger partial charge in [-0.25, -0.2) is 0 Å². The minimum atomic E-state index is -0.519. The molecule has 2 aliphatic rings. The van der Waals surface area contributed by atoms with Crippen LogP contribution in [0.15, 0.2) is 34.7 Å². The van der Waals surface area contributed by atoms with E-state index in [0.717, 1.165) is 31.2 Å². The zero-order chi connectivity index (χ0) is 19.5. The summed E-state index contributed by atoms with van der Waals surface area (Å²) >= 11 is 0. The average Bonchev–Trinajstić information content (AvgIpc) is 3.30. The third-order valence-corrected chi connectivity index (χ3v) is 5.32. The molecule has 8 nitrogen and oxygen atoms in total. The number of aromatic nitrogens is 2. The minimum Gasteiger partial charge on any atom is -0.456 e. The summed E-state index contributed by atoms with van der Waals surface area (Å²) in [7, 11) is 0. The Kier molecular flexibility index (Phi) is 5.18. The topological polar surface area (TPSA) is 103 Å². The van der Waals surface area contributed by atoms with Gasteiger partial charge in [0, 0.05) is 12.1 Å². The summed E-state index contributed by atoms with van der Waals surface area (Å²) in [6, 6.07) is 9.27. The van der Waals surface area contributed by atoms with Gasteiger partial charge in [-0.3, -0.25) is 19.3 Å². The first-order valence-corrected chi connectivity index (χ1v) is 9.52. The molecule has 2 atom stereocenters. The molecule has 1 saturated carbocycles. The molecule has 0 unspecified atom stereocenters. The molecule has 0 radical (unpaired) electrons. The van der Waals surface area contributed by atoms with E-state index in [-0.39, 0.29) is 49.1 Å². The predicted octanol–water partition coefficient (Wildman–Crippen LogP) is 2.35. The largest absolute Gasteiger partial charge is 0.456 e. The number of likely N-dealkylation sites (tertiary alicyclic amines) is 1. The molecule has 1 aliphatic heterocycles. The van der Waals surface area contributed by atoms with Crippen LogP contribution >= 0.6 is 0 Å². The van der Waals surface area contributed by atoms with Gasteiger partial charge in [0.2, 0.25) is 17.7 Å². The predicted molar refractivity (Wildman–Crippen MR) is 96.3 cm³/mol. The van der Waals surface area contributed by atoms with E-state index in [9.17, 15) is 14.4 Å². The second-order valence-corrected chi connectivity index (χ2v) is 7.10. The lowest BCUT2D eigenvalue weighted by Crippen LogP contribution is -2.33. The number of amides is 2. The molecular weight excluding hydrogens is 362 g/mol. The van der Waals surface area contributed by atoms with Gasteiger partial charge in [0.15, 0.2) is 6.61 Å². The Balaban J connectivity index is 1.27. The number of hydrogen-bond donors (Lipinski definition) is 0. The average molecular weight is 383 g/mol. The Labute approximate surface area is 161 Å². The van der Waals surface area contributed by atoms with Crippen molar-refractivity contribution in [3.8, 4) is 11.5 Å². The van der Waals surface area contributed by atoms with E-state index in [1.807, 2.05) is 30.3 Å². The number of carbonyl (C=O) groups is 3. The van der Waals surface area contributed by atoms with E-state index in [1.54, 1.807) is 0 Å². The number of hydrogen-bond acceptors (Lipinski definition) is 7. The first-order valence-electron chi connectivity index (χ1n) is 9.52. The number of carbonyl (C=O) groups excluding carboxylic acids is 3. The summed E-state index contributed by atoms with van der Waals surface area (Å²) in [6.07, 6.45) is 3.43. The van der Waals surface area contributed by atoms with Gasteiger partial charge in [0.1, 0.15) is 0 Å². The van der Waals surface area contributed by atoms with Crippen molar-refractivity contribution >= 4 is 17.8 Å². The zero-order valence-electron chi connectivity index (χ0n) is 15.4. The monoisotopic (exact) mass is 383 g/mol. The number of rotatable bonds is 6. The van der Waals surface area contributed by atoms with Crippen molar-refractivity contribution in [3.05, 3.63) is 36.2 Å². The lowest BCUT2D eigenvalue weighted by Gasteiger charge is -2.19. The molecule has 2 heterocycles. The van der Waals surface area contributed by atoms with Crippen LogP contribution in [0.25, 0.3) is 11.5 Å². The Bertz CT molecular complexity index is 855. The second-order valence-electron chi connectivity index (χ2n) is 7.10. The fraction of sp³-hybridized carbons (Fsp3) is 0.450. The summed E-state index contributed by atoms with van der Waals surface area (Å²) in [5.41, 5.74) is 0.778. The maximum absolute atomic E-state index is 12.4. The van der Waals surface area contributed by atoms with Crippen molar-refractivity contribution in [2.24, 2.45) is 11.8 Å². The third kappa shape index (κ3) is 3.67. The fourth-order valence-electron chi connectivity index (χ4n) is 3.88. The van der Waals surface area contributed by atoms with Crippen LogP contribution < -0.4 is 0 Å². The molecule has 8 heteroatoms. The van der Waals surface area contributed by atoms with Crippen molar-refractivity contribution in [2.45, 2.75) is 38.7 Å². The Hall–Kier alpha value is -3.03. The summed E-state index contributed by atoms with van der Waals surface area (Å²) in [5, 5.41) is 7.79. The third-order valence-electron chi connectivity index (χ3n) is 5.32. The van der Waals surface area contributed by atoms with Crippen molar-refractivity contribution < 1.29 is 23.5 Å². The lowest BCUT2D eigenvalue weighted by atomic mass is 9.81. The van der Waals surface area contributed by atoms with Crippen molar-refractivity contribution in [1.29, 1.82) is 0 Å². The molecule has 0 N–H and O–H groups in total. The Morgan fingerprint density at radius 1 is 1.07 bits per heavy atom. The van der Waals surface area contributed by atoms with E-state index in [1.165, 1.54) is 4.90 Å². The highest BCUT2D eigenvalue weighted by Crippen LogP contribution is 2.37. The normalized spacial score (nSPS) is 21.6.